The van der Waals surface area contributed by atoms with Crippen molar-refractivity contribution in [3.8, 4) is 0 Å². The molecule has 3 heteroatoms. The van der Waals surface area contributed by atoms with Crippen molar-refractivity contribution in [2.75, 3.05) is 13.6 Å². The van der Waals surface area contributed by atoms with Crippen LogP contribution < -0.4 is 5.32 Å². The minimum Gasteiger partial charge on any atom is -0.314 e. The van der Waals surface area contributed by atoms with Crippen LogP contribution in [0.3, 0.4) is 0 Å². The maximum Gasteiger partial charge on any atom is 0.188 e. The van der Waals surface area contributed by atoms with Crippen molar-refractivity contribution < 1.29 is 4.79 Å². The van der Waals surface area contributed by atoms with Crippen LogP contribution >= 0.6 is 0 Å². The van der Waals surface area contributed by atoms with E-state index < -0.39 is 0 Å². The van der Waals surface area contributed by atoms with Gasteiger partial charge in [0.2, 0.25) is 0 Å². The Balaban J connectivity index is 2.83. The van der Waals surface area contributed by atoms with Gasteiger partial charge in [-0.15, -0.1) is 0 Å². The molecule has 0 saturated carbocycles. The van der Waals surface area contributed by atoms with Gasteiger partial charge in [-0.1, -0.05) is 0 Å². The van der Waals surface area contributed by atoms with Crippen molar-refractivity contribution >= 4 is 13.5 Å². The molecule has 0 aromatic carbocycles. The Morgan fingerprint density at radius 2 is 2.50 bits per heavy atom. The monoisotopic (exact) mass is 85.1 g/mol. The molecule has 0 atom stereocenters. The molecule has 0 aliphatic carbocycles. The molecule has 0 amide bonds. The summed E-state index contributed by atoms with van der Waals surface area (Å²) in [4.78, 5) is 9.98. The van der Waals surface area contributed by atoms with Gasteiger partial charge in [0.05, 0.1) is 5.68 Å². The SMILES string of the molecule is BC(=O)CNC. The Kier molecular flexibility index (Phi) is 2.76. The number of rotatable bonds is 2. The van der Waals surface area contributed by atoms with Crippen LogP contribution in [0.1, 0.15) is 0 Å². The van der Waals surface area contributed by atoms with Gasteiger partial charge in [-0.3, -0.25) is 0 Å². The highest BCUT2D eigenvalue weighted by molar-refractivity contribution is 6.58. The number of carbonyl (C=O) groups excluding carboxylic acids is 1. The molecular formula is C3H8BNO. The number of hydrogen-bond donors (Lipinski definition) is 1. The number of carbonyl (C=O) groups is 1. The highest BCUT2D eigenvalue weighted by Crippen LogP contribution is 1.49. The normalized spacial score (nSPS) is 8.17. The van der Waals surface area contributed by atoms with Crippen LogP contribution in [-0.2, 0) is 4.79 Å². The topological polar surface area (TPSA) is 29.1 Å². The van der Waals surface area contributed by atoms with E-state index in [0.29, 0.717) is 6.54 Å². The van der Waals surface area contributed by atoms with Crippen molar-refractivity contribution in [2.45, 2.75) is 0 Å². The highest BCUT2D eigenvalue weighted by atomic mass is 16.1. The summed E-state index contributed by atoms with van der Waals surface area (Å²) >= 11 is 0. The molecule has 0 aliphatic heterocycles. The van der Waals surface area contributed by atoms with E-state index in [1.807, 2.05) is 0 Å². The van der Waals surface area contributed by atoms with E-state index in [1.165, 1.54) is 0 Å². The second kappa shape index (κ2) is 2.91. The third kappa shape index (κ3) is 3.69. The number of hydrogen-bond acceptors (Lipinski definition) is 2. The molecule has 0 fully saturated rings. The lowest BCUT2D eigenvalue weighted by Crippen LogP contribution is -2.17. The molecule has 34 valence electrons. The summed E-state index contributed by atoms with van der Waals surface area (Å²) in [5.41, 5.74) is 0.178. The standard InChI is InChI=1S/C3H8BNO/c1-5-2-3(4)6/h5H,2,4H2,1H3. The van der Waals surface area contributed by atoms with E-state index in [4.69, 9.17) is 0 Å². The molecule has 0 unspecified atom stereocenters. The van der Waals surface area contributed by atoms with E-state index >= 15 is 0 Å². The zero-order valence-electron chi connectivity index (χ0n) is 4.12. The Hall–Kier alpha value is -0.305. The average Bonchev–Trinajstić information content (AvgIpc) is 1.35. The van der Waals surface area contributed by atoms with Gasteiger partial charge >= 0.3 is 0 Å². The first-order valence-electron chi connectivity index (χ1n) is 1.91. The molecule has 0 bridgehead atoms. The predicted molar refractivity (Wildman–Crippen MR) is 27.5 cm³/mol. The van der Waals surface area contributed by atoms with Gasteiger partial charge in [-0.2, -0.15) is 0 Å². The van der Waals surface area contributed by atoms with Gasteiger partial charge in [0, 0.05) is 6.54 Å². The van der Waals surface area contributed by atoms with E-state index in [9.17, 15) is 4.79 Å². The summed E-state index contributed by atoms with van der Waals surface area (Å²) in [6.07, 6.45) is 0. The van der Waals surface area contributed by atoms with Crippen molar-refractivity contribution in [1.82, 2.24) is 5.32 Å². The van der Waals surface area contributed by atoms with Crippen molar-refractivity contribution in [3.63, 3.8) is 0 Å². The molecule has 0 saturated heterocycles. The van der Waals surface area contributed by atoms with Gasteiger partial charge in [0.15, 0.2) is 7.85 Å². The molecule has 6 heavy (non-hydrogen) atoms. The second-order valence-electron chi connectivity index (χ2n) is 1.23. The van der Waals surface area contributed by atoms with E-state index in [-0.39, 0.29) is 5.68 Å². The smallest absolute Gasteiger partial charge is 0.188 e. The Morgan fingerprint density at radius 3 is 2.50 bits per heavy atom. The predicted octanol–water partition coefficient (Wildman–Crippen LogP) is -1.63. The summed E-state index contributed by atoms with van der Waals surface area (Å²) in [5.74, 6) is 0. The first-order valence-corrected chi connectivity index (χ1v) is 1.91. The zero-order chi connectivity index (χ0) is 4.99. The molecule has 0 aromatic heterocycles. The highest BCUT2D eigenvalue weighted by Gasteiger charge is 1.82. The molecule has 0 heterocycles. The second-order valence-corrected chi connectivity index (χ2v) is 1.23. The van der Waals surface area contributed by atoms with E-state index in [0.717, 1.165) is 0 Å². The van der Waals surface area contributed by atoms with Crippen molar-refractivity contribution in [1.29, 1.82) is 0 Å². The first-order chi connectivity index (χ1) is 2.77. The fraction of sp³-hybridized carbons (Fsp3) is 0.667. The molecule has 1 N–H and O–H groups in total. The molecule has 0 aromatic rings. The van der Waals surface area contributed by atoms with Gasteiger partial charge in [0.25, 0.3) is 0 Å². The van der Waals surface area contributed by atoms with Crippen LogP contribution in [0, 0.1) is 0 Å². The van der Waals surface area contributed by atoms with Gasteiger partial charge in [0.1, 0.15) is 0 Å². The zero-order valence-corrected chi connectivity index (χ0v) is 4.12. The summed E-state index contributed by atoms with van der Waals surface area (Å²) in [5, 5.41) is 2.72. The first kappa shape index (κ1) is 5.69. The van der Waals surface area contributed by atoms with Crippen LogP contribution in [0.25, 0.3) is 0 Å². The molecule has 0 rings (SSSR count). The summed E-state index contributed by atoms with van der Waals surface area (Å²) in [6, 6.07) is 0. The van der Waals surface area contributed by atoms with Crippen LogP contribution in [0.2, 0.25) is 0 Å². The van der Waals surface area contributed by atoms with Gasteiger partial charge in [-0.25, -0.2) is 0 Å². The fourth-order valence-corrected chi connectivity index (χ4v) is 0.249. The lowest BCUT2D eigenvalue weighted by molar-refractivity contribution is -0.110. The maximum absolute atomic E-state index is 9.98. The van der Waals surface area contributed by atoms with E-state index in [1.54, 1.807) is 14.9 Å². The van der Waals surface area contributed by atoms with Crippen molar-refractivity contribution in [2.24, 2.45) is 0 Å². The van der Waals surface area contributed by atoms with Crippen LogP contribution in [0.5, 0.6) is 0 Å². The minimum atomic E-state index is 0.178. The van der Waals surface area contributed by atoms with Crippen LogP contribution in [0.15, 0.2) is 0 Å². The lowest BCUT2D eigenvalue weighted by Gasteiger charge is -1.85. The molecule has 0 spiro atoms. The molecule has 2 nitrogen and oxygen atoms in total. The minimum absolute atomic E-state index is 0.178. The van der Waals surface area contributed by atoms with Gasteiger partial charge in [-0.05, 0) is 7.05 Å². The third-order valence-corrected chi connectivity index (χ3v) is 0.426. The quantitative estimate of drug-likeness (QED) is 0.407. The number of likely N-dealkylation sites (N-methyl/N-ethyl adjacent to an activating group) is 1. The maximum atomic E-state index is 9.98. The fourth-order valence-electron chi connectivity index (χ4n) is 0.249. The Morgan fingerprint density at radius 1 is 2.00 bits per heavy atom. The lowest BCUT2D eigenvalue weighted by atomic mass is 10.0. The number of nitrogens with one attached hydrogen (secondary N) is 1. The van der Waals surface area contributed by atoms with Crippen LogP contribution in [-0.4, -0.2) is 27.1 Å². The van der Waals surface area contributed by atoms with Crippen molar-refractivity contribution in [3.05, 3.63) is 0 Å². The Labute approximate surface area is 38.3 Å². The molecule has 0 radical (unpaired) electrons. The summed E-state index contributed by atoms with van der Waals surface area (Å²) in [7, 11) is 3.30. The van der Waals surface area contributed by atoms with E-state index in [2.05, 4.69) is 5.32 Å². The molecular weight excluding hydrogens is 76.9 g/mol. The van der Waals surface area contributed by atoms with Gasteiger partial charge < -0.3 is 10.1 Å². The average molecular weight is 84.9 g/mol. The largest absolute Gasteiger partial charge is 0.314 e. The summed E-state index contributed by atoms with van der Waals surface area (Å²) < 4.78 is 0. The molecule has 0 aliphatic rings. The van der Waals surface area contributed by atoms with Crippen LogP contribution in [0.4, 0.5) is 0 Å². The summed E-state index contributed by atoms with van der Waals surface area (Å²) in [6.45, 7) is 0.486. The third-order valence-electron chi connectivity index (χ3n) is 0.426. The Bertz CT molecular complexity index is 54.8.